The number of benzene rings is 1. The molecular formula is C23H35N7O. The highest BCUT2D eigenvalue weighted by Crippen LogP contribution is 2.27. The molecule has 3 rings (SSSR count). The molecule has 1 aromatic heterocycles. The number of aliphatic imine (C=N–C) groups is 2. The molecule has 1 aromatic carbocycles. The number of hydrogen-bond donors (Lipinski definition) is 2. The van der Waals surface area contributed by atoms with E-state index in [0.29, 0.717) is 31.4 Å². The second-order valence-corrected chi connectivity index (χ2v) is 8.68. The van der Waals surface area contributed by atoms with Gasteiger partial charge in [0.15, 0.2) is 5.82 Å². The lowest BCUT2D eigenvalue weighted by Crippen LogP contribution is -2.39. The number of guanidine groups is 1. The molecule has 0 saturated carbocycles. The Hall–Kier alpha value is -2.87. The third-order valence-corrected chi connectivity index (χ3v) is 5.34. The van der Waals surface area contributed by atoms with Crippen LogP contribution in [-0.4, -0.2) is 59.7 Å². The molecule has 0 aliphatic carbocycles. The van der Waals surface area contributed by atoms with E-state index in [0.717, 1.165) is 42.6 Å². The van der Waals surface area contributed by atoms with Crippen molar-refractivity contribution in [1.82, 2.24) is 15.1 Å². The Balaban J connectivity index is 1.79. The number of nitrogens with zero attached hydrogens (tertiary/aromatic N) is 5. The zero-order chi connectivity index (χ0) is 22.4. The number of aromatic nitrogens is 2. The van der Waals surface area contributed by atoms with E-state index < -0.39 is 0 Å². The Kier molecular flexibility index (Phi) is 7.33. The average Bonchev–Trinajstić information content (AvgIpc) is 3.22. The van der Waals surface area contributed by atoms with Crippen LogP contribution in [0.2, 0.25) is 0 Å². The number of nitrogens with one attached hydrogen (secondary N) is 1. The molecule has 0 fully saturated rings. The van der Waals surface area contributed by atoms with Gasteiger partial charge in [0.05, 0.1) is 5.69 Å². The highest BCUT2D eigenvalue weighted by molar-refractivity contribution is 6.07. The van der Waals surface area contributed by atoms with E-state index in [1.165, 1.54) is 0 Å². The molecule has 168 valence electrons. The molecule has 1 aliphatic heterocycles. The Morgan fingerprint density at radius 3 is 2.68 bits per heavy atom. The van der Waals surface area contributed by atoms with Gasteiger partial charge in [-0.05, 0) is 25.2 Å². The smallest absolute Gasteiger partial charge is 0.233 e. The van der Waals surface area contributed by atoms with Gasteiger partial charge in [-0.3, -0.25) is 10.00 Å². The number of nitrogens with two attached hydrogens (primary N) is 1. The number of likely N-dealkylation sites (N-methyl/N-ethyl adjacent to an activating group) is 1. The fourth-order valence-corrected chi connectivity index (χ4v) is 3.30. The molecule has 0 amide bonds. The van der Waals surface area contributed by atoms with Crippen molar-refractivity contribution in [3.63, 3.8) is 0 Å². The number of ether oxygens (including phenoxy) is 1. The predicted octanol–water partition coefficient (Wildman–Crippen LogP) is 3.68. The lowest BCUT2D eigenvalue weighted by atomic mass is 9.92. The van der Waals surface area contributed by atoms with Crippen LogP contribution in [0.25, 0.3) is 0 Å². The highest BCUT2D eigenvalue weighted by atomic mass is 16.5. The van der Waals surface area contributed by atoms with Crippen molar-refractivity contribution in [2.24, 2.45) is 15.7 Å². The van der Waals surface area contributed by atoms with Crippen molar-refractivity contribution in [3.05, 3.63) is 36.0 Å². The van der Waals surface area contributed by atoms with E-state index >= 15 is 0 Å². The summed E-state index contributed by atoms with van der Waals surface area (Å²) in [6, 6.07) is 9.82. The Labute approximate surface area is 185 Å². The zero-order valence-electron chi connectivity index (χ0n) is 19.4. The van der Waals surface area contributed by atoms with Crippen LogP contribution >= 0.6 is 0 Å². The van der Waals surface area contributed by atoms with Crippen LogP contribution in [0, 0.1) is 0 Å². The van der Waals surface area contributed by atoms with Gasteiger partial charge in [-0.15, -0.1) is 0 Å². The summed E-state index contributed by atoms with van der Waals surface area (Å²) in [6.07, 6.45) is 0.672. The maximum absolute atomic E-state index is 6.03. The number of rotatable bonds is 8. The van der Waals surface area contributed by atoms with Crippen LogP contribution in [0.5, 0.6) is 5.75 Å². The quantitative estimate of drug-likeness (QED) is 0.673. The van der Waals surface area contributed by atoms with E-state index in [1.54, 1.807) is 0 Å². The fraction of sp³-hybridized carbons (Fsp3) is 0.522. The minimum absolute atomic E-state index is 0.0164. The minimum atomic E-state index is -0.0164. The molecule has 8 nitrogen and oxygen atoms in total. The lowest BCUT2D eigenvalue weighted by molar-refractivity contribution is 0.223. The fourth-order valence-electron chi connectivity index (χ4n) is 3.30. The van der Waals surface area contributed by atoms with Crippen molar-refractivity contribution < 1.29 is 4.74 Å². The number of H-pyrrole nitrogens is 1. The Bertz CT molecular complexity index is 922. The van der Waals surface area contributed by atoms with Gasteiger partial charge in [-0.25, -0.2) is 9.98 Å². The standard InChI is InChI=1S/C23H35N7O/c1-6-29(7-2)13-14-31-18-10-8-9-17(15-18)25-22-26-20(24)11-12-30(22)21-16-19(27-28-21)23(3,4)5/h8-10,15-16H,6-7,11-14H2,1-5H3,(H,27,28)(H2,24,25,26). The first kappa shape index (κ1) is 22.8. The first-order chi connectivity index (χ1) is 14.8. The van der Waals surface area contributed by atoms with Crippen molar-refractivity contribution >= 4 is 23.3 Å². The zero-order valence-corrected chi connectivity index (χ0v) is 19.4. The summed E-state index contributed by atoms with van der Waals surface area (Å²) in [7, 11) is 0. The van der Waals surface area contributed by atoms with Gasteiger partial charge in [0.1, 0.15) is 18.2 Å². The van der Waals surface area contributed by atoms with E-state index in [4.69, 9.17) is 15.5 Å². The molecule has 31 heavy (non-hydrogen) atoms. The molecule has 1 aliphatic rings. The lowest BCUT2D eigenvalue weighted by Gasteiger charge is -2.25. The van der Waals surface area contributed by atoms with Gasteiger partial charge in [-0.1, -0.05) is 40.7 Å². The molecule has 8 heteroatoms. The van der Waals surface area contributed by atoms with Crippen LogP contribution in [0.1, 0.15) is 46.7 Å². The van der Waals surface area contributed by atoms with E-state index in [9.17, 15) is 0 Å². The normalized spacial score (nSPS) is 16.1. The van der Waals surface area contributed by atoms with Crippen LogP contribution in [0.4, 0.5) is 11.5 Å². The van der Waals surface area contributed by atoms with E-state index in [-0.39, 0.29) is 5.41 Å². The second-order valence-electron chi connectivity index (χ2n) is 8.68. The third kappa shape index (κ3) is 6.07. The summed E-state index contributed by atoms with van der Waals surface area (Å²) in [5.41, 5.74) is 7.84. The van der Waals surface area contributed by atoms with E-state index in [2.05, 4.69) is 60.8 Å². The molecule has 0 saturated heterocycles. The van der Waals surface area contributed by atoms with Gasteiger partial charge in [0.25, 0.3) is 0 Å². The molecular weight excluding hydrogens is 390 g/mol. The number of anilines is 1. The number of amidine groups is 1. The van der Waals surface area contributed by atoms with Crippen molar-refractivity contribution in [2.75, 3.05) is 37.7 Å². The summed E-state index contributed by atoms with van der Waals surface area (Å²) in [5.74, 6) is 2.71. The van der Waals surface area contributed by atoms with Crippen molar-refractivity contribution in [3.8, 4) is 5.75 Å². The SMILES string of the molecule is CCN(CC)CCOc1cccc(N=C2N=C(N)CCN2c2cc(C(C)(C)C)[nH]n2)c1. The van der Waals surface area contributed by atoms with Crippen molar-refractivity contribution in [2.45, 2.75) is 46.5 Å². The molecule has 0 unspecified atom stereocenters. The maximum Gasteiger partial charge on any atom is 0.233 e. The molecule has 2 aromatic rings. The highest BCUT2D eigenvalue weighted by Gasteiger charge is 2.24. The molecule has 0 bridgehead atoms. The summed E-state index contributed by atoms with van der Waals surface area (Å²) in [6.45, 7) is 15.0. The van der Waals surface area contributed by atoms with Gasteiger partial charge >= 0.3 is 0 Å². The summed E-state index contributed by atoms with van der Waals surface area (Å²) >= 11 is 0. The van der Waals surface area contributed by atoms with Crippen LogP contribution in [-0.2, 0) is 5.41 Å². The molecule has 0 spiro atoms. The average molecular weight is 426 g/mol. The van der Waals surface area contributed by atoms with Crippen LogP contribution in [0.3, 0.4) is 0 Å². The van der Waals surface area contributed by atoms with Gasteiger partial charge < -0.3 is 15.4 Å². The van der Waals surface area contributed by atoms with Crippen LogP contribution in [0.15, 0.2) is 40.3 Å². The predicted molar refractivity (Wildman–Crippen MR) is 128 cm³/mol. The molecule has 0 atom stereocenters. The summed E-state index contributed by atoms with van der Waals surface area (Å²) in [5, 5.41) is 7.63. The number of aromatic amines is 1. The van der Waals surface area contributed by atoms with E-state index in [1.807, 2.05) is 29.2 Å². The van der Waals surface area contributed by atoms with Crippen LogP contribution < -0.4 is 15.4 Å². The summed E-state index contributed by atoms with van der Waals surface area (Å²) in [4.78, 5) is 13.6. The second kappa shape index (κ2) is 9.96. The largest absolute Gasteiger partial charge is 0.492 e. The third-order valence-electron chi connectivity index (χ3n) is 5.34. The maximum atomic E-state index is 6.03. The van der Waals surface area contributed by atoms with Gasteiger partial charge in [-0.2, -0.15) is 5.10 Å². The molecule has 0 radical (unpaired) electrons. The number of hydrogen-bond acceptors (Lipinski definition) is 5. The Morgan fingerprint density at radius 1 is 1.23 bits per heavy atom. The first-order valence-electron chi connectivity index (χ1n) is 11.0. The Morgan fingerprint density at radius 2 is 2.00 bits per heavy atom. The first-order valence-corrected chi connectivity index (χ1v) is 11.0. The minimum Gasteiger partial charge on any atom is -0.492 e. The topological polar surface area (TPSA) is 95.1 Å². The molecule has 3 N–H and O–H groups in total. The molecule has 2 heterocycles. The van der Waals surface area contributed by atoms with Gasteiger partial charge in [0, 0.05) is 42.8 Å². The van der Waals surface area contributed by atoms with Crippen molar-refractivity contribution in [1.29, 1.82) is 0 Å². The van der Waals surface area contributed by atoms with Gasteiger partial charge in [0.2, 0.25) is 5.96 Å². The monoisotopic (exact) mass is 425 g/mol. The summed E-state index contributed by atoms with van der Waals surface area (Å²) < 4.78 is 5.94.